The van der Waals surface area contributed by atoms with Crippen LogP contribution in [-0.2, 0) is 28.2 Å². The van der Waals surface area contributed by atoms with Crippen LogP contribution in [0.3, 0.4) is 0 Å². The van der Waals surface area contributed by atoms with E-state index in [1.165, 1.54) is 83.5 Å². The molecule has 0 aliphatic carbocycles. The average Bonchev–Trinajstić information content (AvgIpc) is 2.95. The van der Waals surface area contributed by atoms with Crippen LogP contribution in [0.15, 0.2) is 12.2 Å². The third-order valence-corrected chi connectivity index (χ3v) is 7.77. The van der Waals surface area contributed by atoms with E-state index in [-0.39, 0.29) is 19.4 Å². The van der Waals surface area contributed by atoms with E-state index in [4.69, 9.17) is 19.3 Å². The highest BCUT2D eigenvalue weighted by Crippen LogP contribution is 2.35. The molecule has 0 rings (SSSR count). The van der Waals surface area contributed by atoms with Gasteiger partial charge < -0.3 is 19.3 Å². The van der Waals surface area contributed by atoms with Crippen LogP contribution in [0.4, 0.5) is 0 Å². The van der Waals surface area contributed by atoms with Crippen LogP contribution in [0, 0.1) is 0 Å². The smallest absolute Gasteiger partial charge is 0.462 e. The summed E-state index contributed by atoms with van der Waals surface area (Å²) < 4.78 is 26.2. The molecule has 42 heavy (non-hydrogen) atoms. The third kappa shape index (κ3) is 31.7. The molecule has 0 bridgehead atoms. The van der Waals surface area contributed by atoms with Gasteiger partial charge in [-0.3, -0.25) is 14.1 Å². The fourth-order valence-electron chi connectivity index (χ4n) is 4.72. The summed E-state index contributed by atoms with van der Waals surface area (Å²) in [5, 5.41) is 0. The molecule has 0 aliphatic heterocycles. The van der Waals surface area contributed by atoms with Gasteiger partial charge in [-0.15, -0.1) is 0 Å². The molecule has 0 radical (unpaired) electrons. The van der Waals surface area contributed by atoms with Crippen molar-refractivity contribution in [1.29, 1.82) is 0 Å². The summed E-state index contributed by atoms with van der Waals surface area (Å²) >= 11 is 0. The maximum Gasteiger partial charge on any atom is 0.469 e. The Kier molecular flexibility index (Phi) is 29.0. The van der Waals surface area contributed by atoms with E-state index in [9.17, 15) is 14.2 Å². The van der Waals surface area contributed by atoms with Gasteiger partial charge in [-0.05, 0) is 38.5 Å². The molecular weight excluding hydrogens is 555 g/mol. The van der Waals surface area contributed by atoms with Crippen LogP contribution in [-0.4, -0.2) is 41.0 Å². The minimum absolute atomic E-state index is 0.205. The maximum absolute atomic E-state index is 12.3. The molecule has 0 heterocycles. The number of ether oxygens (including phenoxy) is 2. The molecule has 2 N–H and O–H groups in total. The van der Waals surface area contributed by atoms with Crippen molar-refractivity contribution >= 4 is 19.8 Å². The molecule has 0 aromatic heterocycles. The molecule has 0 saturated carbocycles. The lowest BCUT2D eigenvalue weighted by Crippen LogP contribution is -2.29. The van der Waals surface area contributed by atoms with Gasteiger partial charge in [0.1, 0.15) is 6.61 Å². The van der Waals surface area contributed by atoms with E-state index >= 15 is 0 Å². The van der Waals surface area contributed by atoms with E-state index in [1.807, 2.05) is 0 Å². The summed E-state index contributed by atoms with van der Waals surface area (Å²) in [6.45, 7) is 3.63. The van der Waals surface area contributed by atoms with Crippen LogP contribution < -0.4 is 0 Å². The molecule has 0 aromatic carbocycles. The fourth-order valence-corrected chi connectivity index (χ4v) is 5.08. The van der Waals surface area contributed by atoms with Crippen molar-refractivity contribution in [3.63, 3.8) is 0 Å². The van der Waals surface area contributed by atoms with Crippen molar-refractivity contribution in [2.24, 2.45) is 0 Å². The number of esters is 2. The van der Waals surface area contributed by atoms with Crippen molar-refractivity contribution in [1.82, 2.24) is 0 Å². The molecule has 248 valence electrons. The maximum atomic E-state index is 12.3. The Hall–Kier alpha value is -1.21. The second kappa shape index (κ2) is 29.8. The predicted octanol–water partition coefficient (Wildman–Crippen LogP) is 9.51. The minimum atomic E-state index is -4.74. The van der Waals surface area contributed by atoms with Gasteiger partial charge >= 0.3 is 19.8 Å². The highest BCUT2D eigenvalue weighted by atomic mass is 31.2. The topological polar surface area (TPSA) is 119 Å². The molecule has 0 spiro atoms. The standard InChI is InChI=1S/C33H63O8P/c1-3-5-7-9-11-13-15-16-17-18-20-22-24-26-28-33(35)41-31(30-40-42(36,37)38)29-39-32(34)27-25-23-21-19-14-12-10-8-6-4-2/h15-16,31H,3-14,17-30H2,1-2H3,(H2,36,37,38)/b16-15-/t31-/m0/s1. The molecule has 0 aliphatic rings. The zero-order valence-corrected chi connectivity index (χ0v) is 27.8. The fraction of sp³-hybridized carbons (Fsp3) is 0.879. The first-order chi connectivity index (χ1) is 20.3. The lowest BCUT2D eigenvalue weighted by atomic mass is 10.1. The zero-order chi connectivity index (χ0) is 31.2. The summed E-state index contributed by atoms with van der Waals surface area (Å²) in [6.07, 6.45) is 29.3. The van der Waals surface area contributed by atoms with Crippen LogP contribution in [0.25, 0.3) is 0 Å². The van der Waals surface area contributed by atoms with Gasteiger partial charge in [0.15, 0.2) is 6.10 Å². The Morgan fingerprint density at radius 3 is 1.45 bits per heavy atom. The van der Waals surface area contributed by atoms with E-state index < -0.39 is 32.5 Å². The summed E-state index contributed by atoms with van der Waals surface area (Å²) in [7, 11) is -4.74. The van der Waals surface area contributed by atoms with Crippen molar-refractivity contribution in [2.45, 2.75) is 174 Å². The summed E-state index contributed by atoms with van der Waals surface area (Å²) in [4.78, 5) is 42.5. The quantitative estimate of drug-likeness (QED) is 0.0341. The highest BCUT2D eigenvalue weighted by Gasteiger charge is 2.22. The lowest BCUT2D eigenvalue weighted by Gasteiger charge is -2.18. The Morgan fingerprint density at radius 1 is 0.595 bits per heavy atom. The van der Waals surface area contributed by atoms with Gasteiger partial charge in [0.25, 0.3) is 0 Å². The van der Waals surface area contributed by atoms with E-state index in [2.05, 4.69) is 30.5 Å². The van der Waals surface area contributed by atoms with Crippen LogP contribution in [0.2, 0.25) is 0 Å². The molecule has 0 fully saturated rings. The molecule has 9 heteroatoms. The van der Waals surface area contributed by atoms with Crippen molar-refractivity contribution in [3.05, 3.63) is 12.2 Å². The number of carbonyl (C=O) groups is 2. The number of carbonyl (C=O) groups excluding carboxylic acids is 2. The van der Waals surface area contributed by atoms with Crippen molar-refractivity contribution in [2.75, 3.05) is 13.2 Å². The molecule has 1 atom stereocenters. The predicted molar refractivity (Wildman–Crippen MR) is 170 cm³/mol. The third-order valence-electron chi connectivity index (χ3n) is 7.28. The summed E-state index contributed by atoms with van der Waals surface area (Å²) in [6, 6.07) is 0. The van der Waals surface area contributed by atoms with E-state index in [0.717, 1.165) is 51.4 Å². The molecule has 0 unspecified atom stereocenters. The number of rotatable bonds is 31. The van der Waals surface area contributed by atoms with E-state index in [1.54, 1.807) is 0 Å². The van der Waals surface area contributed by atoms with Gasteiger partial charge in [-0.2, -0.15) is 0 Å². The van der Waals surface area contributed by atoms with Crippen molar-refractivity contribution < 1.29 is 37.9 Å². The van der Waals surface area contributed by atoms with E-state index in [0.29, 0.717) is 6.42 Å². The molecular formula is C33H63O8P. The van der Waals surface area contributed by atoms with Gasteiger partial charge in [0.2, 0.25) is 0 Å². The zero-order valence-electron chi connectivity index (χ0n) is 26.9. The second-order valence-electron chi connectivity index (χ2n) is 11.5. The van der Waals surface area contributed by atoms with Gasteiger partial charge in [-0.25, -0.2) is 4.57 Å². The first-order valence-electron chi connectivity index (χ1n) is 17.0. The Labute approximate surface area is 257 Å². The first-order valence-corrected chi connectivity index (χ1v) is 18.5. The highest BCUT2D eigenvalue weighted by molar-refractivity contribution is 7.46. The Balaban J connectivity index is 4.01. The molecule has 8 nitrogen and oxygen atoms in total. The summed E-state index contributed by atoms with van der Waals surface area (Å²) in [5.74, 6) is -0.893. The average molecular weight is 619 g/mol. The number of phosphoric acid groups is 1. The number of allylic oxidation sites excluding steroid dienone is 2. The molecule has 0 saturated heterocycles. The SMILES string of the molecule is CCCCCCC/C=C\CCCCCCCC(=O)O[C@@H](COC(=O)CCCCCCCCCCCC)COP(=O)(O)O. The number of phosphoric ester groups is 1. The molecule has 0 aromatic rings. The van der Waals surface area contributed by atoms with Crippen molar-refractivity contribution in [3.8, 4) is 0 Å². The van der Waals surface area contributed by atoms with Gasteiger partial charge in [0.05, 0.1) is 6.61 Å². The number of hydrogen-bond donors (Lipinski definition) is 2. The van der Waals surface area contributed by atoms with Gasteiger partial charge in [0, 0.05) is 12.8 Å². The normalized spacial score (nSPS) is 12.6. The van der Waals surface area contributed by atoms with Crippen LogP contribution >= 0.6 is 7.82 Å². The largest absolute Gasteiger partial charge is 0.469 e. The minimum Gasteiger partial charge on any atom is -0.462 e. The lowest BCUT2D eigenvalue weighted by molar-refractivity contribution is -0.161. The summed E-state index contributed by atoms with van der Waals surface area (Å²) in [5.41, 5.74) is 0. The van der Waals surface area contributed by atoms with Crippen LogP contribution in [0.5, 0.6) is 0 Å². The monoisotopic (exact) mass is 618 g/mol. The number of unbranched alkanes of at least 4 members (excludes halogenated alkanes) is 19. The number of hydrogen-bond acceptors (Lipinski definition) is 6. The first kappa shape index (κ1) is 40.8. The van der Waals surface area contributed by atoms with Gasteiger partial charge in [-0.1, -0.05) is 129 Å². The Morgan fingerprint density at radius 2 is 1.00 bits per heavy atom. The Bertz CT molecular complexity index is 706. The second-order valence-corrected chi connectivity index (χ2v) is 12.7. The van der Waals surface area contributed by atoms with Crippen LogP contribution in [0.1, 0.15) is 168 Å². The molecule has 0 amide bonds.